The van der Waals surface area contributed by atoms with Crippen LogP contribution in [0.15, 0.2) is 29.4 Å². The maximum atomic E-state index is 10.6. The van der Waals surface area contributed by atoms with E-state index in [1.807, 2.05) is 25.4 Å². The molecule has 3 rings (SSSR count). The van der Waals surface area contributed by atoms with Gasteiger partial charge in [0.05, 0.1) is 7.11 Å². The lowest BCUT2D eigenvalue weighted by Crippen LogP contribution is -2.05. The molecule has 4 nitrogen and oxygen atoms in total. The SMILES string of the molecule is COc1cc2ccn(C)c2cc1C1(N=C=O)CC1. The molecular weight excluding hydrogens is 228 g/mol. The largest absolute Gasteiger partial charge is 0.496 e. The minimum Gasteiger partial charge on any atom is -0.496 e. The van der Waals surface area contributed by atoms with Crippen LogP contribution in [-0.2, 0) is 17.4 Å². The van der Waals surface area contributed by atoms with Gasteiger partial charge in [0, 0.05) is 29.7 Å². The third-order valence-corrected chi connectivity index (χ3v) is 3.69. The normalized spacial score (nSPS) is 16.3. The number of isocyanates is 1. The molecule has 0 N–H and O–H groups in total. The van der Waals surface area contributed by atoms with E-state index in [1.54, 1.807) is 13.2 Å². The second-order valence-electron chi connectivity index (χ2n) is 4.77. The summed E-state index contributed by atoms with van der Waals surface area (Å²) >= 11 is 0. The predicted octanol–water partition coefficient (Wildman–Crippen LogP) is 2.51. The fourth-order valence-corrected chi connectivity index (χ4v) is 2.48. The molecule has 1 aliphatic carbocycles. The Kier molecular flexibility index (Phi) is 2.28. The van der Waals surface area contributed by atoms with Crippen molar-refractivity contribution < 1.29 is 9.53 Å². The first-order valence-electron chi connectivity index (χ1n) is 5.93. The summed E-state index contributed by atoms with van der Waals surface area (Å²) in [6.07, 6.45) is 5.47. The number of rotatable bonds is 3. The van der Waals surface area contributed by atoms with Crippen LogP contribution in [0.5, 0.6) is 5.75 Å². The Hall–Kier alpha value is -2.06. The van der Waals surface area contributed by atoms with Crippen molar-refractivity contribution in [3.05, 3.63) is 30.0 Å². The van der Waals surface area contributed by atoms with Crippen LogP contribution >= 0.6 is 0 Å². The van der Waals surface area contributed by atoms with Crippen LogP contribution < -0.4 is 4.74 Å². The fourth-order valence-electron chi connectivity index (χ4n) is 2.48. The first-order valence-corrected chi connectivity index (χ1v) is 5.93. The maximum Gasteiger partial charge on any atom is 0.235 e. The molecule has 2 aromatic rings. The number of aromatic nitrogens is 1. The Bertz CT molecular complexity index is 662. The van der Waals surface area contributed by atoms with Crippen molar-refractivity contribution >= 4 is 17.0 Å². The predicted molar refractivity (Wildman–Crippen MR) is 68.5 cm³/mol. The number of nitrogens with zero attached hydrogens (tertiary/aromatic N) is 2. The van der Waals surface area contributed by atoms with Gasteiger partial charge in [0.15, 0.2) is 0 Å². The summed E-state index contributed by atoms with van der Waals surface area (Å²) in [5, 5.41) is 1.13. The number of hydrogen-bond donors (Lipinski definition) is 0. The standard InChI is InChI=1S/C14H14N2O2/c1-16-6-3-10-7-13(18-2)11(8-12(10)16)14(4-5-14)15-9-17/h3,6-8H,4-5H2,1-2H3. The van der Waals surface area contributed by atoms with Gasteiger partial charge in [0.2, 0.25) is 6.08 Å². The van der Waals surface area contributed by atoms with Gasteiger partial charge in [-0.3, -0.25) is 0 Å². The van der Waals surface area contributed by atoms with Gasteiger partial charge < -0.3 is 9.30 Å². The van der Waals surface area contributed by atoms with Gasteiger partial charge in [-0.25, -0.2) is 4.79 Å². The zero-order valence-electron chi connectivity index (χ0n) is 10.4. The molecular formula is C14H14N2O2. The molecule has 1 aromatic carbocycles. The smallest absolute Gasteiger partial charge is 0.235 e. The summed E-state index contributed by atoms with van der Waals surface area (Å²) in [7, 11) is 3.65. The van der Waals surface area contributed by atoms with E-state index in [2.05, 4.69) is 15.6 Å². The van der Waals surface area contributed by atoms with Crippen LogP contribution in [0, 0.1) is 0 Å². The molecule has 0 aliphatic heterocycles. The second-order valence-corrected chi connectivity index (χ2v) is 4.77. The molecule has 4 heteroatoms. The van der Waals surface area contributed by atoms with Gasteiger partial charge in [-0.2, -0.15) is 4.99 Å². The summed E-state index contributed by atoms with van der Waals surface area (Å²) < 4.78 is 7.49. The van der Waals surface area contributed by atoms with Crippen LogP contribution in [0.1, 0.15) is 18.4 Å². The number of fused-ring (bicyclic) bond motifs is 1. The summed E-state index contributed by atoms with van der Waals surface area (Å²) in [4.78, 5) is 14.5. The molecule has 1 aromatic heterocycles. The van der Waals surface area contributed by atoms with Gasteiger partial charge in [-0.1, -0.05) is 0 Å². The van der Waals surface area contributed by atoms with Crippen molar-refractivity contribution in [2.75, 3.05) is 7.11 Å². The van der Waals surface area contributed by atoms with Gasteiger partial charge >= 0.3 is 0 Å². The second kappa shape index (κ2) is 3.72. The molecule has 0 radical (unpaired) electrons. The summed E-state index contributed by atoms with van der Waals surface area (Å²) in [6, 6.07) is 6.12. The molecule has 18 heavy (non-hydrogen) atoms. The minimum absolute atomic E-state index is 0.397. The molecule has 0 saturated heterocycles. The van der Waals surface area contributed by atoms with Crippen molar-refractivity contribution in [3.63, 3.8) is 0 Å². The van der Waals surface area contributed by atoms with Crippen LogP contribution in [0.4, 0.5) is 0 Å². The monoisotopic (exact) mass is 242 g/mol. The molecule has 0 spiro atoms. The molecule has 1 aliphatic rings. The average Bonchev–Trinajstić information content (AvgIpc) is 3.07. The topological polar surface area (TPSA) is 43.6 Å². The molecule has 0 atom stereocenters. The van der Waals surface area contributed by atoms with Crippen molar-refractivity contribution in [2.45, 2.75) is 18.4 Å². The Morgan fingerprint density at radius 2 is 2.22 bits per heavy atom. The van der Waals surface area contributed by atoms with E-state index < -0.39 is 5.54 Å². The highest BCUT2D eigenvalue weighted by molar-refractivity contribution is 5.83. The van der Waals surface area contributed by atoms with Crippen LogP contribution in [0.3, 0.4) is 0 Å². The summed E-state index contributed by atoms with van der Waals surface area (Å²) in [6.45, 7) is 0. The van der Waals surface area contributed by atoms with Gasteiger partial charge in [0.1, 0.15) is 11.3 Å². The molecule has 1 saturated carbocycles. The van der Waals surface area contributed by atoms with E-state index in [0.717, 1.165) is 35.1 Å². The van der Waals surface area contributed by atoms with Crippen molar-refractivity contribution in [1.82, 2.24) is 4.57 Å². The zero-order chi connectivity index (χ0) is 12.8. The third kappa shape index (κ3) is 1.46. The Morgan fingerprint density at radius 3 is 2.83 bits per heavy atom. The van der Waals surface area contributed by atoms with E-state index in [1.165, 1.54) is 0 Å². The van der Waals surface area contributed by atoms with Crippen LogP contribution in [0.25, 0.3) is 10.9 Å². The number of hydrogen-bond acceptors (Lipinski definition) is 3. The van der Waals surface area contributed by atoms with E-state index in [4.69, 9.17) is 4.74 Å². The highest BCUT2D eigenvalue weighted by Gasteiger charge is 2.47. The highest BCUT2D eigenvalue weighted by atomic mass is 16.5. The Morgan fingerprint density at radius 1 is 1.44 bits per heavy atom. The minimum atomic E-state index is -0.397. The van der Waals surface area contributed by atoms with E-state index >= 15 is 0 Å². The van der Waals surface area contributed by atoms with Crippen molar-refractivity contribution in [2.24, 2.45) is 12.0 Å². The molecule has 1 heterocycles. The quantitative estimate of drug-likeness (QED) is 0.613. The lowest BCUT2D eigenvalue weighted by atomic mass is 10.0. The molecule has 0 amide bonds. The van der Waals surface area contributed by atoms with Crippen molar-refractivity contribution in [1.29, 1.82) is 0 Å². The summed E-state index contributed by atoms with van der Waals surface area (Å²) in [5.74, 6) is 0.796. The number of benzene rings is 1. The van der Waals surface area contributed by atoms with Crippen LogP contribution in [-0.4, -0.2) is 17.8 Å². The molecule has 92 valence electrons. The third-order valence-electron chi connectivity index (χ3n) is 3.69. The fraction of sp³-hybridized carbons (Fsp3) is 0.357. The van der Waals surface area contributed by atoms with E-state index in [9.17, 15) is 4.79 Å². The Balaban J connectivity index is 2.26. The van der Waals surface area contributed by atoms with Gasteiger partial charge in [-0.15, -0.1) is 0 Å². The highest BCUT2D eigenvalue weighted by Crippen LogP contribution is 2.53. The van der Waals surface area contributed by atoms with Crippen molar-refractivity contribution in [3.8, 4) is 5.75 Å². The first kappa shape index (κ1) is 11.1. The Labute approximate surface area is 105 Å². The number of methoxy groups -OCH3 is 1. The molecule has 0 unspecified atom stereocenters. The molecule has 1 fully saturated rings. The van der Waals surface area contributed by atoms with E-state index in [-0.39, 0.29) is 0 Å². The van der Waals surface area contributed by atoms with Crippen LogP contribution in [0.2, 0.25) is 0 Å². The number of ether oxygens (including phenoxy) is 1. The lowest BCUT2D eigenvalue weighted by Gasteiger charge is -2.14. The van der Waals surface area contributed by atoms with Gasteiger partial charge in [-0.05, 0) is 31.0 Å². The number of aryl methyl sites for hydroxylation is 1. The zero-order valence-corrected chi connectivity index (χ0v) is 10.4. The number of carbonyl (C=O) groups excluding carboxylic acids is 1. The van der Waals surface area contributed by atoms with Gasteiger partial charge in [0.25, 0.3) is 0 Å². The summed E-state index contributed by atoms with van der Waals surface area (Å²) in [5.41, 5.74) is 1.71. The lowest BCUT2D eigenvalue weighted by molar-refractivity contribution is 0.405. The number of aliphatic imine (C=N–C) groups is 1. The van der Waals surface area contributed by atoms with E-state index in [0.29, 0.717) is 0 Å². The first-order chi connectivity index (χ1) is 8.70. The molecule has 0 bridgehead atoms. The average molecular weight is 242 g/mol. The maximum absolute atomic E-state index is 10.6.